The molecule has 0 aliphatic carbocycles. The Labute approximate surface area is 159 Å². The molecule has 0 aliphatic heterocycles. The molecule has 4 nitrogen and oxygen atoms in total. The summed E-state index contributed by atoms with van der Waals surface area (Å²) in [4.78, 5) is 10.2. The van der Waals surface area contributed by atoms with Gasteiger partial charge in [-0.25, -0.2) is 4.79 Å². The predicted molar refractivity (Wildman–Crippen MR) is 97.8 cm³/mol. The van der Waals surface area contributed by atoms with Crippen LogP contribution in [0.5, 0.6) is 17.2 Å². The van der Waals surface area contributed by atoms with Crippen LogP contribution in [0.4, 0.5) is 13.2 Å². The van der Waals surface area contributed by atoms with Crippen LogP contribution in [-0.4, -0.2) is 16.2 Å². The third kappa shape index (κ3) is 6.35. The van der Waals surface area contributed by atoms with Gasteiger partial charge in [0.25, 0.3) is 0 Å². The van der Waals surface area contributed by atoms with Crippen LogP contribution in [-0.2, 0) is 6.18 Å². The molecule has 0 amide bonds. The van der Waals surface area contributed by atoms with Crippen molar-refractivity contribution in [2.45, 2.75) is 13.1 Å². The first-order valence-electron chi connectivity index (χ1n) is 8.09. The number of carboxylic acid groups (broad SMARTS) is 1. The maximum atomic E-state index is 12.5. The summed E-state index contributed by atoms with van der Waals surface area (Å²) in [6.07, 6.45) is -4.35. The van der Waals surface area contributed by atoms with E-state index in [1.165, 1.54) is 36.4 Å². The first-order chi connectivity index (χ1) is 13.1. The molecule has 146 valence electrons. The number of rotatable bonds is 3. The van der Waals surface area contributed by atoms with Gasteiger partial charge in [0.1, 0.15) is 17.2 Å². The third-order valence-electron chi connectivity index (χ3n) is 3.53. The van der Waals surface area contributed by atoms with Crippen LogP contribution in [0.1, 0.15) is 21.5 Å². The number of aromatic hydroxyl groups is 1. The molecule has 0 atom stereocenters. The summed E-state index contributed by atoms with van der Waals surface area (Å²) in [5.74, 6) is -0.224. The molecule has 0 aliphatic rings. The smallest absolute Gasteiger partial charge is 0.416 e. The van der Waals surface area contributed by atoms with E-state index < -0.39 is 17.7 Å². The molecule has 0 radical (unpaired) electrons. The number of ether oxygens (including phenoxy) is 1. The second kappa shape index (κ2) is 8.94. The molecule has 0 heterocycles. The summed E-state index contributed by atoms with van der Waals surface area (Å²) in [7, 11) is 0. The van der Waals surface area contributed by atoms with E-state index in [4.69, 9.17) is 14.9 Å². The normalized spacial score (nSPS) is 10.6. The molecule has 28 heavy (non-hydrogen) atoms. The summed E-state index contributed by atoms with van der Waals surface area (Å²) < 4.78 is 42.9. The van der Waals surface area contributed by atoms with Crippen LogP contribution in [0.25, 0.3) is 0 Å². The van der Waals surface area contributed by atoms with Crippen LogP contribution in [0.3, 0.4) is 0 Å². The number of benzene rings is 3. The summed E-state index contributed by atoms with van der Waals surface area (Å²) in [5, 5.41) is 17.1. The molecule has 0 saturated heterocycles. The summed E-state index contributed by atoms with van der Waals surface area (Å²) in [6, 6.07) is 17.3. The highest BCUT2D eigenvalue weighted by Gasteiger charge is 2.30. The van der Waals surface area contributed by atoms with Gasteiger partial charge in [0.15, 0.2) is 0 Å². The fourth-order valence-corrected chi connectivity index (χ4v) is 2.08. The van der Waals surface area contributed by atoms with Crippen molar-refractivity contribution in [2.24, 2.45) is 0 Å². The van der Waals surface area contributed by atoms with Crippen LogP contribution < -0.4 is 4.74 Å². The van der Waals surface area contributed by atoms with E-state index in [0.29, 0.717) is 5.75 Å². The van der Waals surface area contributed by atoms with E-state index in [0.717, 1.165) is 17.7 Å². The number of hydrogen-bond acceptors (Lipinski definition) is 3. The van der Waals surface area contributed by atoms with Crippen molar-refractivity contribution in [3.8, 4) is 17.2 Å². The molecular formula is C21H17F3O4. The van der Waals surface area contributed by atoms with Gasteiger partial charge in [0.05, 0.1) is 11.1 Å². The number of alkyl halides is 3. The van der Waals surface area contributed by atoms with Gasteiger partial charge in [-0.1, -0.05) is 23.8 Å². The van der Waals surface area contributed by atoms with Crippen LogP contribution in [0, 0.1) is 6.92 Å². The average Bonchev–Trinajstić information content (AvgIpc) is 2.64. The lowest BCUT2D eigenvalue weighted by Crippen LogP contribution is -2.04. The Hall–Kier alpha value is -3.48. The molecule has 0 unspecified atom stereocenters. The Bertz CT molecular complexity index is 918. The highest BCUT2D eigenvalue weighted by molar-refractivity contribution is 5.87. The van der Waals surface area contributed by atoms with Gasteiger partial charge in [0.2, 0.25) is 0 Å². The Kier molecular flexibility index (Phi) is 6.65. The lowest BCUT2D eigenvalue weighted by molar-refractivity contribution is -0.137. The Balaban J connectivity index is 0.000000237. The van der Waals surface area contributed by atoms with Gasteiger partial charge in [-0.2, -0.15) is 13.2 Å². The summed E-state index contributed by atoms with van der Waals surface area (Å²) in [5.41, 5.74) is 0.524. The zero-order valence-corrected chi connectivity index (χ0v) is 14.8. The number of aromatic carboxylic acids is 1. The van der Waals surface area contributed by atoms with Crippen molar-refractivity contribution in [2.75, 3.05) is 0 Å². The lowest BCUT2D eigenvalue weighted by atomic mass is 10.2. The monoisotopic (exact) mass is 390 g/mol. The van der Waals surface area contributed by atoms with Crippen molar-refractivity contribution in [1.82, 2.24) is 0 Å². The molecule has 2 N–H and O–H groups in total. The van der Waals surface area contributed by atoms with E-state index in [2.05, 4.69) is 0 Å². The number of aryl methyl sites for hydroxylation is 1. The first kappa shape index (κ1) is 20.8. The molecular weight excluding hydrogens is 373 g/mol. The molecule has 0 aromatic heterocycles. The van der Waals surface area contributed by atoms with Crippen molar-refractivity contribution in [3.63, 3.8) is 0 Å². The Morgan fingerprint density at radius 3 is 2.04 bits per heavy atom. The second-order valence-corrected chi connectivity index (χ2v) is 5.79. The van der Waals surface area contributed by atoms with E-state index in [1.54, 1.807) is 12.1 Å². The van der Waals surface area contributed by atoms with Gasteiger partial charge in [-0.15, -0.1) is 0 Å². The maximum Gasteiger partial charge on any atom is 0.416 e. The Morgan fingerprint density at radius 1 is 0.893 bits per heavy atom. The van der Waals surface area contributed by atoms with Crippen molar-refractivity contribution < 1.29 is 32.9 Å². The first-order valence-corrected chi connectivity index (χ1v) is 8.09. The third-order valence-corrected chi connectivity index (χ3v) is 3.53. The minimum atomic E-state index is -4.35. The number of carbonyl (C=O) groups is 1. The molecule has 3 rings (SSSR count). The topological polar surface area (TPSA) is 66.8 Å². The number of hydrogen-bond donors (Lipinski definition) is 2. The molecule has 0 bridgehead atoms. The van der Waals surface area contributed by atoms with E-state index >= 15 is 0 Å². The predicted octanol–water partition coefficient (Wildman–Crippen LogP) is 5.90. The van der Waals surface area contributed by atoms with Gasteiger partial charge in [0, 0.05) is 0 Å². The van der Waals surface area contributed by atoms with Gasteiger partial charge < -0.3 is 14.9 Å². The number of halogens is 3. The Morgan fingerprint density at radius 2 is 1.50 bits per heavy atom. The fraction of sp³-hybridized carbons (Fsp3) is 0.0952. The fourth-order valence-electron chi connectivity index (χ4n) is 2.08. The van der Waals surface area contributed by atoms with Crippen molar-refractivity contribution in [3.05, 3.63) is 89.5 Å². The summed E-state index contributed by atoms with van der Waals surface area (Å²) in [6.45, 7) is 1.92. The van der Waals surface area contributed by atoms with Crippen LogP contribution in [0.2, 0.25) is 0 Å². The van der Waals surface area contributed by atoms with Gasteiger partial charge in [-0.3, -0.25) is 0 Å². The molecule has 0 fully saturated rings. The zero-order valence-electron chi connectivity index (χ0n) is 14.8. The van der Waals surface area contributed by atoms with Gasteiger partial charge in [-0.05, 0) is 61.5 Å². The van der Waals surface area contributed by atoms with Gasteiger partial charge >= 0.3 is 12.1 Å². The van der Waals surface area contributed by atoms with E-state index in [9.17, 15) is 18.0 Å². The SMILES string of the molecule is Cc1ccc(Oc2cccc(C(F)(F)F)c2)cc1.O=C(O)c1ccc(O)cc1. The highest BCUT2D eigenvalue weighted by Crippen LogP contribution is 2.32. The molecule has 3 aromatic carbocycles. The summed E-state index contributed by atoms with van der Waals surface area (Å²) >= 11 is 0. The lowest BCUT2D eigenvalue weighted by Gasteiger charge is -2.10. The largest absolute Gasteiger partial charge is 0.508 e. The van der Waals surface area contributed by atoms with Crippen LogP contribution >= 0.6 is 0 Å². The second-order valence-electron chi connectivity index (χ2n) is 5.79. The molecule has 3 aromatic rings. The number of carboxylic acids is 1. The number of phenolic OH excluding ortho intramolecular Hbond substituents is 1. The van der Waals surface area contributed by atoms with Crippen molar-refractivity contribution >= 4 is 5.97 Å². The average molecular weight is 390 g/mol. The highest BCUT2D eigenvalue weighted by atomic mass is 19.4. The number of phenols is 1. The zero-order chi connectivity index (χ0) is 20.7. The quantitative estimate of drug-likeness (QED) is 0.585. The molecule has 0 saturated carbocycles. The van der Waals surface area contributed by atoms with Crippen LogP contribution in [0.15, 0.2) is 72.8 Å². The molecule has 7 heteroatoms. The standard InChI is InChI=1S/C14H11F3O.C7H6O3/c1-10-5-7-12(8-6-10)18-13-4-2-3-11(9-13)14(15,16)17;8-6-3-1-5(2-4-6)7(9)10/h2-9H,1H3;1-4,8H,(H,9,10). The van der Waals surface area contributed by atoms with E-state index in [1.807, 2.05) is 19.1 Å². The van der Waals surface area contributed by atoms with Crippen molar-refractivity contribution in [1.29, 1.82) is 0 Å². The maximum absolute atomic E-state index is 12.5. The van der Waals surface area contributed by atoms with E-state index in [-0.39, 0.29) is 17.1 Å². The minimum absolute atomic E-state index is 0.0741. The molecule has 0 spiro atoms. The minimum Gasteiger partial charge on any atom is -0.508 e.